The van der Waals surface area contributed by atoms with Gasteiger partial charge in [0, 0.05) is 0 Å². The summed E-state index contributed by atoms with van der Waals surface area (Å²) in [5.41, 5.74) is -0.0855. The van der Waals surface area contributed by atoms with Crippen molar-refractivity contribution in [3.05, 3.63) is 22.7 Å². The zero-order chi connectivity index (χ0) is 14.2. The number of fused-ring (bicyclic) bond motifs is 1. The molecule has 1 saturated carbocycles. The van der Waals surface area contributed by atoms with Gasteiger partial charge in [-0.3, -0.25) is 0 Å². The lowest BCUT2D eigenvalue weighted by atomic mass is 9.69. The maximum Gasteiger partial charge on any atom is 0.231 e. The fraction of sp³-hybridized carbons (Fsp3) is 0.533. The van der Waals surface area contributed by atoms with Crippen molar-refractivity contribution in [3.63, 3.8) is 0 Å². The van der Waals surface area contributed by atoms with Crippen LogP contribution in [0.5, 0.6) is 11.5 Å². The number of halogens is 1. The van der Waals surface area contributed by atoms with E-state index in [1.54, 1.807) is 12.1 Å². The molecule has 5 heteroatoms. The third-order valence-electron chi connectivity index (χ3n) is 4.26. The van der Waals surface area contributed by atoms with Crippen LogP contribution in [0.3, 0.4) is 0 Å². The van der Waals surface area contributed by atoms with Crippen LogP contribution in [0.1, 0.15) is 43.8 Å². The molecule has 1 N–H and O–H groups in total. The molecule has 0 spiro atoms. The highest BCUT2D eigenvalue weighted by molar-refractivity contribution is 6.32. The average Bonchev–Trinajstić information content (AvgIpc) is 2.96. The fourth-order valence-electron chi connectivity index (χ4n) is 3.09. The third-order valence-corrected chi connectivity index (χ3v) is 4.54. The van der Waals surface area contributed by atoms with Gasteiger partial charge in [-0.25, -0.2) is 0 Å². The SMILES string of the molecule is N#CC1(C(O)c2cc(Cl)c3c(c2)OCO3)CCCCC1. The zero-order valence-corrected chi connectivity index (χ0v) is 11.8. The summed E-state index contributed by atoms with van der Waals surface area (Å²) >= 11 is 6.15. The first-order valence-electron chi connectivity index (χ1n) is 6.85. The van der Waals surface area contributed by atoms with E-state index in [-0.39, 0.29) is 6.79 Å². The van der Waals surface area contributed by atoms with Crippen molar-refractivity contribution in [1.29, 1.82) is 5.26 Å². The Kier molecular flexibility index (Phi) is 3.49. The van der Waals surface area contributed by atoms with Gasteiger partial charge in [0.05, 0.1) is 22.6 Å². The first kappa shape index (κ1) is 13.5. The summed E-state index contributed by atoms with van der Waals surface area (Å²) in [6.45, 7) is 0.137. The van der Waals surface area contributed by atoms with E-state index >= 15 is 0 Å². The monoisotopic (exact) mass is 293 g/mol. The van der Waals surface area contributed by atoms with Gasteiger partial charge in [-0.15, -0.1) is 0 Å². The number of aliphatic hydroxyl groups excluding tert-OH is 1. The van der Waals surface area contributed by atoms with Crippen LogP contribution in [0.4, 0.5) is 0 Å². The molecule has 1 aliphatic heterocycles. The quantitative estimate of drug-likeness (QED) is 0.905. The molecule has 2 aliphatic rings. The lowest BCUT2D eigenvalue weighted by Crippen LogP contribution is -2.30. The molecular formula is C15H16ClNO3. The molecule has 0 radical (unpaired) electrons. The summed E-state index contributed by atoms with van der Waals surface area (Å²) in [5.74, 6) is 1.05. The molecule has 3 rings (SSSR count). The van der Waals surface area contributed by atoms with Crippen LogP contribution >= 0.6 is 11.6 Å². The van der Waals surface area contributed by atoms with Crippen molar-refractivity contribution < 1.29 is 14.6 Å². The molecule has 1 unspecified atom stereocenters. The summed E-state index contributed by atoms with van der Waals surface area (Å²) in [5, 5.41) is 20.6. The summed E-state index contributed by atoms with van der Waals surface area (Å²) in [6.07, 6.45) is 3.66. The Morgan fingerprint density at radius 1 is 1.25 bits per heavy atom. The van der Waals surface area contributed by atoms with Gasteiger partial charge in [0.1, 0.15) is 0 Å². The van der Waals surface area contributed by atoms with Gasteiger partial charge in [0.25, 0.3) is 0 Å². The summed E-state index contributed by atoms with van der Waals surface area (Å²) < 4.78 is 10.6. The number of benzene rings is 1. The first-order chi connectivity index (χ1) is 9.66. The van der Waals surface area contributed by atoms with Crippen molar-refractivity contribution in [2.45, 2.75) is 38.2 Å². The van der Waals surface area contributed by atoms with Crippen LogP contribution in [0, 0.1) is 16.7 Å². The second kappa shape index (κ2) is 5.16. The highest BCUT2D eigenvalue weighted by Gasteiger charge is 2.41. The lowest BCUT2D eigenvalue weighted by molar-refractivity contribution is 0.0358. The summed E-state index contributed by atoms with van der Waals surface area (Å²) in [7, 11) is 0. The summed E-state index contributed by atoms with van der Waals surface area (Å²) in [4.78, 5) is 0. The van der Waals surface area contributed by atoms with E-state index in [0.717, 1.165) is 32.1 Å². The number of nitriles is 1. The molecule has 1 aromatic rings. The van der Waals surface area contributed by atoms with E-state index in [1.165, 1.54) is 0 Å². The van der Waals surface area contributed by atoms with E-state index in [2.05, 4.69) is 6.07 Å². The molecule has 1 aliphatic carbocycles. The smallest absolute Gasteiger partial charge is 0.231 e. The van der Waals surface area contributed by atoms with Crippen molar-refractivity contribution in [2.75, 3.05) is 6.79 Å². The number of aliphatic hydroxyl groups is 1. The normalized spacial score (nSPS) is 21.2. The number of ether oxygens (including phenoxy) is 2. The lowest BCUT2D eigenvalue weighted by Gasteiger charge is -2.35. The molecule has 0 aromatic heterocycles. The minimum absolute atomic E-state index is 0.137. The van der Waals surface area contributed by atoms with Crippen molar-refractivity contribution in [3.8, 4) is 17.6 Å². The minimum atomic E-state index is -0.847. The van der Waals surface area contributed by atoms with Gasteiger partial charge in [0.15, 0.2) is 11.5 Å². The Morgan fingerprint density at radius 2 is 2.00 bits per heavy atom. The summed E-state index contributed by atoms with van der Waals surface area (Å²) in [6, 6.07) is 5.74. The van der Waals surface area contributed by atoms with Gasteiger partial charge in [-0.05, 0) is 30.5 Å². The third kappa shape index (κ3) is 2.11. The zero-order valence-electron chi connectivity index (χ0n) is 11.1. The maximum atomic E-state index is 10.7. The molecule has 0 amide bonds. The van der Waals surface area contributed by atoms with Crippen molar-refractivity contribution in [1.82, 2.24) is 0 Å². The highest BCUT2D eigenvalue weighted by Crippen LogP contribution is 2.48. The van der Waals surface area contributed by atoms with Gasteiger partial charge in [-0.1, -0.05) is 30.9 Å². The van der Waals surface area contributed by atoms with E-state index in [1.807, 2.05) is 0 Å². The predicted octanol–water partition coefficient (Wildman–Crippen LogP) is 3.58. The van der Waals surface area contributed by atoms with Gasteiger partial charge < -0.3 is 14.6 Å². The Balaban J connectivity index is 1.96. The van der Waals surface area contributed by atoms with E-state index in [4.69, 9.17) is 21.1 Å². The molecule has 1 heterocycles. The highest BCUT2D eigenvalue weighted by atomic mass is 35.5. The van der Waals surface area contributed by atoms with Crippen molar-refractivity contribution >= 4 is 11.6 Å². The minimum Gasteiger partial charge on any atom is -0.454 e. The van der Waals surface area contributed by atoms with Crippen LogP contribution in [0.15, 0.2) is 12.1 Å². The first-order valence-corrected chi connectivity index (χ1v) is 7.22. The Morgan fingerprint density at radius 3 is 2.70 bits per heavy atom. The second-order valence-electron chi connectivity index (χ2n) is 5.47. The van der Waals surface area contributed by atoms with Crippen molar-refractivity contribution in [2.24, 2.45) is 5.41 Å². The van der Waals surface area contributed by atoms with Gasteiger partial charge in [-0.2, -0.15) is 5.26 Å². The standard InChI is InChI=1S/C15H16ClNO3/c16-11-6-10(7-12-13(11)20-9-19-12)14(18)15(8-17)4-2-1-3-5-15/h6-7,14,18H,1-5,9H2. The maximum absolute atomic E-state index is 10.7. The number of nitrogens with zero attached hydrogens (tertiary/aromatic N) is 1. The number of hydrogen-bond donors (Lipinski definition) is 1. The Hall–Kier alpha value is -1.44. The Bertz CT molecular complexity index is 561. The molecular weight excluding hydrogens is 278 g/mol. The number of hydrogen-bond acceptors (Lipinski definition) is 4. The number of rotatable bonds is 2. The molecule has 20 heavy (non-hydrogen) atoms. The van der Waals surface area contributed by atoms with E-state index in [0.29, 0.717) is 22.1 Å². The average molecular weight is 294 g/mol. The Labute approximate surface area is 122 Å². The topological polar surface area (TPSA) is 62.5 Å². The molecule has 0 bridgehead atoms. The molecule has 1 fully saturated rings. The molecule has 106 valence electrons. The van der Waals surface area contributed by atoms with Gasteiger partial charge >= 0.3 is 0 Å². The second-order valence-corrected chi connectivity index (χ2v) is 5.87. The van der Waals surface area contributed by atoms with Crippen LogP contribution in [0.25, 0.3) is 0 Å². The van der Waals surface area contributed by atoms with Gasteiger partial charge in [0.2, 0.25) is 6.79 Å². The predicted molar refractivity (Wildman–Crippen MR) is 73.7 cm³/mol. The van der Waals surface area contributed by atoms with E-state index in [9.17, 15) is 10.4 Å². The van der Waals surface area contributed by atoms with E-state index < -0.39 is 11.5 Å². The molecule has 1 aromatic carbocycles. The van der Waals surface area contributed by atoms with Crippen LogP contribution in [0.2, 0.25) is 5.02 Å². The van der Waals surface area contributed by atoms with Crippen LogP contribution in [-0.4, -0.2) is 11.9 Å². The van der Waals surface area contributed by atoms with Crippen LogP contribution < -0.4 is 9.47 Å². The largest absolute Gasteiger partial charge is 0.454 e. The molecule has 0 saturated heterocycles. The fourth-order valence-corrected chi connectivity index (χ4v) is 3.37. The van der Waals surface area contributed by atoms with Crippen LogP contribution in [-0.2, 0) is 0 Å². The molecule has 4 nitrogen and oxygen atoms in total. The molecule has 1 atom stereocenters.